The summed E-state index contributed by atoms with van der Waals surface area (Å²) in [5.41, 5.74) is 0. The first kappa shape index (κ1) is 15.6. The number of ether oxygens (including phenoxy) is 1. The molecule has 0 spiro atoms. The molecule has 1 N–H and O–H groups in total. The van der Waals surface area contributed by atoms with Gasteiger partial charge in [0.1, 0.15) is 11.9 Å². The molecule has 0 aliphatic rings. The number of nitrogens with one attached hydrogen (secondary N) is 1. The van der Waals surface area contributed by atoms with E-state index in [9.17, 15) is 0 Å². The summed E-state index contributed by atoms with van der Waals surface area (Å²) in [5, 5.41) is 4.61. The van der Waals surface area contributed by atoms with Crippen LogP contribution in [-0.4, -0.2) is 18.7 Å². The summed E-state index contributed by atoms with van der Waals surface area (Å²) in [6.45, 7) is 9.28. The molecule has 18 heavy (non-hydrogen) atoms. The minimum atomic E-state index is 0.0726. The van der Waals surface area contributed by atoms with Crippen molar-refractivity contribution in [2.45, 2.75) is 39.8 Å². The van der Waals surface area contributed by atoms with Crippen LogP contribution in [0.25, 0.3) is 0 Å². The largest absolute Gasteiger partial charge is 0.487 e. The van der Waals surface area contributed by atoms with Crippen molar-refractivity contribution >= 4 is 23.2 Å². The van der Waals surface area contributed by atoms with Crippen molar-refractivity contribution in [2.24, 2.45) is 5.92 Å². The number of hydrogen-bond donors (Lipinski definition) is 1. The lowest BCUT2D eigenvalue weighted by Gasteiger charge is -2.24. The van der Waals surface area contributed by atoms with Gasteiger partial charge in [0.2, 0.25) is 0 Å². The van der Waals surface area contributed by atoms with Gasteiger partial charge in [-0.1, -0.05) is 50.9 Å². The highest BCUT2D eigenvalue weighted by Gasteiger charge is 2.17. The average Bonchev–Trinajstić information content (AvgIpc) is 2.28. The Morgan fingerprint density at radius 2 is 1.83 bits per heavy atom. The third-order valence-corrected chi connectivity index (χ3v) is 3.19. The van der Waals surface area contributed by atoms with Gasteiger partial charge < -0.3 is 10.1 Å². The van der Waals surface area contributed by atoms with Crippen LogP contribution < -0.4 is 10.1 Å². The topological polar surface area (TPSA) is 21.3 Å². The highest BCUT2D eigenvalue weighted by Crippen LogP contribution is 2.29. The SMILES string of the molecule is CC(C)NCC(Oc1cc(Cl)ccc1Cl)C(C)C. The lowest BCUT2D eigenvalue weighted by Crippen LogP contribution is -2.38. The van der Waals surface area contributed by atoms with Gasteiger partial charge in [-0.3, -0.25) is 0 Å². The van der Waals surface area contributed by atoms with Crippen LogP contribution in [-0.2, 0) is 0 Å². The number of halogens is 2. The van der Waals surface area contributed by atoms with Crippen LogP contribution in [0.1, 0.15) is 27.7 Å². The summed E-state index contributed by atoms with van der Waals surface area (Å²) in [5.74, 6) is 1.04. The fraction of sp³-hybridized carbons (Fsp3) is 0.571. The molecule has 0 aliphatic heterocycles. The second-order valence-corrected chi connectivity index (χ2v) is 5.88. The summed E-state index contributed by atoms with van der Waals surface area (Å²) >= 11 is 12.1. The molecule has 0 radical (unpaired) electrons. The van der Waals surface area contributed by atoms with Crippen molar-refractivity contribution in [2.75, 3.05) is 6.54 Å². The Kier molecular flexibility index (Phi) is 6.27. The van der Waals surface area contributed by atoms with Crippen LogP contribution in [0.15, 0.2) is 18.2 Å². The zero-order valence-electron chi connectivity index (χ0n) is 11.3. The van der Waals surface area contributed by atoms with E-state index in [1.807, 2.05) is 0 Å². The minimum absolute atomic E-state index is 0.0726. The Balaban J connectivity index is 2.73. The maximum atomic E-state index is 6.10. The van der Waals surface area contributed by atoms with E-state index in [4.69, 9.17) is 27.9 Å². The molecule has 1 aromatic carbocycles. The molecule has 0 aliphatic carbocycles. The molecule has 0 fully saturated rings. The highest BCUT2D eigenvalue weighted by molar-refractivity contribution is 6.34. The monoisotopic (exact) mass is 289 g/mol. The van der Waals surface area contributed by atoms with Crippen LogP contribution in [0.5, 0.6) is 5.75 Å². The smallest absolute Gasteiger partial charge is 0.139 e. The van der Waals surface area contributed by atoms with Crippen molar-refractivity contribution in [3.05, 3.63) is 28.2 Å². The normalized spacial score (nSPS) is 13.1. The minimum Gasteiger partial charge on any atom is -0.487 e. The quantitative estimate of drug-likeness (QED) is 0.838. The Morgan fingerprint density at radius 1 is 1.17 bits per heavy atom. The molecule has 0 bridgehead atoms. The van der Waals surface area contributed by atoms with Crippen molar-refractivity contribution in [3.63, 3.8) is 0 Å². The summed E-state index contributed by atoms with van der Waals surface area (Å²) in [7, 11) is 0. The standard InChI is InChI=1S/C14H21Cl2NO/c1-9(2)14(8-17-10(3)4)18-13-7-11(15)5-6-12(13)16/h5-7,9-10,14,17H,8H2,1-4H3. The fourth-order valence-corrected chi connectivity index (χ4v) is 1.82. The Labute approximate surface area is 120 Å². The van der Waals surface area contributed by atoms with Crippen molar-refractivity contribution in [1.82, 2.24) is 5.32 Å². The van der Waals surface area contributed by atoms with Gasteiger partial charge >= 0.3 is 0 Å². The first-order chi connectivity index (χ1) is 8.40. The van der Waals surface area contributed by atoms with E-state index in [2.05, 4.69) is 33.0 Å². The molecular weight excluding hydrogens is 269 g/mol. The van der Waals surface area contributed by atoms with Crippen molar-refractivity contribution in [3.8, 4) is 5.75 Å². The summed E-state index contributed by atoms with van der Waals surface area (Å²) in [4.78, 5) is 0. The zero-order chi connectivity index (χ0) is 13.7. The molecule has 2 nitrogen and oxygen atoms in total. The van der Waals surface area contributed by atoms with Gasteiger partial charge in [0, 0.05) is 23.7 Å². The molecule has 102 valence electrons. The zero-order valence-corrected chi connectivity index (χ0v) is 12.8. The Bertz CT molecular complexity index is 380. The molecule has 0 aromatic heterocycles. The number of benzene rings is 1. The summed E-state index contributed by atoms with van der Waals surface area (Å²) in [6, 6.07) is 5.71. The molecule has 0 saturated heterocycles. The molecular formula is C14H21Cl2NO. The van der Waals surface area contributed by atoms with Crippen LogP contribution in [0.3, 0.4) is 0 Å². The lowest BCUT2D eigenvalue weighted by atomic mass is 10.1. The molecule has 0 heterocycles. The predicted molar refractivity (Wildman–Crippen MR) is 78.9 cm³/mol. The van der Waals surface area contributed by atoms with E-state index in [1.54, 1.807) is 18.2 Å². The predicted octanol–water partition coefficient (Wildman–Crippen LogP) is 4.39. The van der Waals surface area contributed by atoms with E-state index in [0.717, 1.165) is 6.54 Å². The first-order valence-electron chi connectivity index (χ1n) is 6.25. The molecule has 1 atom stereocenters. The number of hydrogen-bond acceptors (Lipinski definition) is 2. The third kappa shape index (κ3) is 5.05. The van der Waals surface area contributed by atoms with E-state index in [1.165, 1.54) is 0 Å². The maximum absolute atomic E-state index is 6.10. The van der Waals surface area contributed by atoms with Gasteiger partial charge in [-0.15, -0.1) is 0 Å². The Morgan fingerprint density at radius 3 is 2.39 bits per heavy atom. The van der Waals surface area contributed by atoms with Crippen LogP contribution in [0.4, 0.5) is 0 Å². The molecule has 0 amide bonds. The Hall–Kier alpha value is -0.440. The van der Waals surface area contributed by atoms with Gasteiger partial charge in [-0.05, 0) is 18.1 Å². The molecule has 0 saturated carbocycles. The van der Waals surface area contributed by atoms with Gasteiger partial charge in [0.15, 0.2) is 0 Å². The van der Waals surface area contributed by atoms with E-state index < -0.39 is 0 Å². The number of rotatable bonds is 6. The second-order valence-electron chi connectivity index (χ2n) is 5.04. The first-order valence-corrected chi connectivity index (χ1v) is 7.00. The third-order valence-electron chi connectivity index (χ3n) is 2.64. The summed E-state index contributed by atoms with van der Waals surface area (Å²) in [6.07, 6.45) is 0.0726. The van der Waals surface area contributed by atoms with Crippen LogP contribution in [0, 0.1) is 5.92 Å². The van der Waals surface area contributed by atoms with Crippen LogP contribution >= 0.6 is 23.2 Å². The highest BCUT2D eigenvalue weighted by atomic mass is 35.5. The lowest BCUT2D eigenvalue weighted by molar-refractivity contribution is 0.146. The molecule has 1 rings (SSSR count). The van der Waals surface area contributed by atoms with Crippen molar-refractivity contribution in [1.29, 1.82) is 0 Å². The summed E-state index contributed by atoms with van der Waals surface area (Å²) < 4.78 is 5.96. The second kappa shape index (κ2) is 7.22. The van der Waals surface area contributed by atoms with E-state index >= 15 is 0 Å². The molecule has 1 aromatic rings. The van der Waals surface area contributed by atoms with E-state index in [0.29, 0.717) is 27.8 Å². The maximum Gasteiger partial charge on any atom is 0.139 e. The van der Waals surface area contributed by atoms with E-state index in [-0.39, 0.29) is 6.10 Å². The average molecular weight is 290 g/mol. The van der Waals surface area contributed by atoms with Gasteiger partial charge in [-0.25, -0.2) is 0 Å². The van der Waals surface area contributed by atoms with Gasteiger partial charge in [0.25, 0.3) is 0 Å². The van der Waals surface area contributed by atoms with Crippen LogP contribution in [0.2, 0.25) is 10.0 Å². The molecule has 1 unspecified atom stereocenters. The van der Waals surface area contributed by atoms with Gasteiger partial charge in [-0.2, -0.15) is 0 Å². The van der Waals surface area contributed by atoms with Gasteiger partial charge in [0.05, 0.1) is 5.02 Å². The van der Waals surface area contributed by atoms with Crippen molar-refractivity contribution < 1.29 is 4.74 Å². The fourth-order valence-electron chi connectivity index (χ4n) is 1.50. The molecule has 4 heteroatoms.